The fourth-order valence-corrected chi connectivity index (χ4v) is 3.89. The lowest BCUT2D eigenvalue weighted by molar-refractivity contribution is -0.116. The average molecular weight is 497 g/mol. The predicted molar refractivity (Wildman–Crippen MR) is 146 cm³/mol. The van der Waals surface area contributed by atoms with Crippen LogP contribution in [0.3, 0.4) is 0 Å². The minimum Gasteiger partial charge on any atom is -0.497 e. The average Bonchev–Trinajstić information content (AvgIpc) is 3.38. The van der Waals surface area contributed by atoms with Crippen LogP contribution >= 0.6 is 0 Å². The Balaban J connectivity index is 1.26. The van der Waals surface area contributed by atoms with Crippen molar-refractivity contribution in [3.63, 3.8) is 0 Å². The molecular formula is C30H32N4O3. The molecule has 2 N–H and O–H groups in total. The van der Waals surface area contributed by atoms with Crippen molar-refractivity contribution in [3.05, 3.63) is 108 Å². The molecule has 7 heteroatoms. The molecule has 0 saturated carbocycles. The van der Waals surface area contributed by atoms with Crippen LogP contribution in [0.15, 0.2) is 85.3 Å². The van der Waals surface area contributed by atoms with Gasteiger partial charge in [0.25, 0.3) is 5.91 Å². The number of ether oxygens (including phenoxy) is 1. The number of methoxy groups -OCH3 is 1. The summed E-state index contributed by atoms with van der Waals surface area (Å²) in [6.45, 7) is 4.83. The Morgan fingerprint density at radius 3 is 2.14 bits per heavy atom. The molecule has 0 atom stereocenters. The molecule has 0 aliphatic rings. The Bertz CT molecular complexity index is 1320. The maximum Gasteiger partial charge on any atom is 0.275 e. The van der Waals surface area contributed by atoms with Crippen LogP contribution in [0, 0.1) is 0 Å². The second-order valence-corrected chi connectivity index (χ2v) is 9.26. The fraction of sp³-hybridized carbons (Fsp3) is 0.233. The minimum absolute atomic E-state index is 0.0346. The number of benzene rings is 3. The summed E-state index contributed by atoms with van der Waals surface area (Å²) >= 11 is 0. The van der Waals surface area contributed by atoms with Gasteiger partial charge in [-0.2, -0.15) is 0 Å². The molecule has 0 aliphatic heterocycles. The van der Waals surface area contributed by atoms with Crippen molar-refractivity contribution in [1.29, 1.82) is 0 Å². The van der Waals surface area contributed by atoms with E-state index in [0.29, 0.717) is 31.0 Å². The number of nitrogens with zero attached hydrogens (tertiary/aromatic N) is 2. The van der Waals surface area contributed by atoms with Gasteiger partial charge in [-0.05, 0) is 65.4 Å². The van der Waals surface area contributed by atoms with Crippen molar-refractivity contribution in [3.8, 4) is 5.75 Å². The van der Waals surface area contributed by atoms with Crippen molar-refractivity contribution < 1.29 is 14.3 Å². The number of hydrogen-bond acceptors (Lipinski definition) is 4. The van der Waals surface area contributed by atoms with Gasteiger partial charge in [-0.3, -0.25) is 9.59 Å². The molecule has 7 nitrogen and oxygen atoms in total. The monoisotopic (exact) mass is 496 g/mol. The predicted octanol–water partition coefficient (Wildman–Crippen LogP) is 5.89. The number of hydrogen-bond donors (Lipinski definition) is 2. The molecule has 37 heavy (non-hydrogen) atoms. The van der Waals surface area contributed by atoms with Gasteiger partial charge in [0, 0.05) is 30.5 Å². The van der Waals surface area contributed by atoms with E-state index in [4.69, 9.17) is 4.74 Å². The number of nitrogens with one attached hydrogen (secondary N) is 2. The minimum atomic E-state index is -0.247. The number of rotatable bonds is 10. The number of carbonyl (C=O) groups is 2. The van der Waals surface area contributed by atoms with Crippen molar-refractivity contribution in [2.45, 2.75) is 39.2 Å². The van der Waals surface area contributed by atoms with Gasteiger partial charge >= 0.3 is 0 Å². The van der Waals surface area contributed by atoms with E-state index in [-0.39, 0.29) is 11.8 Å². The van der Waals surface area contributed by atoms with Gasteiger partial charge in [-0.15, -0.1) is 0 Å². The first-order chi connectivity index (χ1) is 17.9. The highest BCUT2D eigenvalue weighted by molar-refractivity contribution is 6.02. The van der Waals surface area contributed by atoms with Crippen LogP contribution in [0.4, 0.5) is 11.4 Å². The zero-order valence-electron chi connectivity index (χ0n) is 21.4. The van der Waals surface area contributed by atoms with Crippen LogP contribution in [0.5, 0.6) is 5.75 Å². The number of anilines is 2. The van der Waals surface area contributed by atoms with Crippen molar-refractivity contribution >= 4 is 23.2 Å². The Morgan fingerprint density at radius 1 is 0.865 bits per heavy atom. The van der Waals surface area contributed by atoms with Crippen LogP contribution in [-0.4, -0.2) is 28.5 Å². The molecule has 0 unspecified atom stereocenters. The number of aryl methyl sites for hydroxylation is 1. The number of amides is 2. The van der Waals surface area contributed by atoms with E-state index >= 15 is 0 Å². The summed E-state index contributed by atoms with van der Waals surface area (Å²) < 4.78 is 7.02. The fourth-order valence-electron chi connectivity index (χ4n) is 3.89. The highest BCUT2D eigenvalue weighted by Gasteiger charge is 2.11. The van der Waals surface area contributed by atoms with Gasteiger partial charge in [-0.25, -0.2) is 4.98 Å². The lowest BCUT2D eigenvalue weighted by Crippen LogP contribution is -2.12. The molecule has 4 aromatic rings. The van der Waals surface area contributed by atoms with Crippen molar-refractivity contribution in [1.82, 2.24) is 9.55 Å². The summed E-state index contributed by atoms with van der Waals surface area (Å²) in [6, 6.07) is 23.2. The van der Waals surface area contributed by atoms with Gasteiger partial charge in [0.2, 0.25) is 5.91 Å². The van der Waals surface area contributed by atoms with Crippen molar-refractivity contribution in [2.75, 3.05) is 17.7 Å². The van der Waals surface area contributed by atoms with E-state index in [2.05, 4.69) is 29.5 Å². The third kappa shape index (κ3) is 7.30. The van der Waals surface area contributed by atoms with E-state index < -0.39 is 0 Å². The summed E-state index contributed by atoms with van der Waals surface area (Å²) in [5.41, 5.74) is 5.19. The lowest BCUT2D eigenvalue weighted by atomic mass is 10.0. The number of aromatic nitrogens is 2. The Kier molecular flexibility index (Phi) is 8.36. The van der Waals surface area contributed by atoms with Gasteiger partial charge in [0.15, 0.2) is 0 Å². The van der Waals surface area contributed by atoms with E-state index in [1.54, 1.807) is 19.6 Å². The second kappa shape index (κ2) is 12.0. The van der Waals surface area contributed by atoms with E-state index in [1.807, 2.05) is 77.4 Å². The first-order valence-electron chi connectivity index (χ1n) is 12.3. The van der Waals surface area contributed by atoms with Crippen LogP contribution < -0.4 is 15.4 Å². The summed E-state index contributed by atoms with van der Waals surface area (Å²) in [6.07, 6.45) is 4.43. The summed E-state index contributed by atoms with van der Waals surface area (Å²) in [5.74, 6) is 0.961. The third-order valence-corrected chi connectivity index (χ3v) is 6.10. The Morgan fingerprint density at radius 2 is 1.49 bits per heavy atom. The maximum absolute atomic E-state index is 12.6. The normalized spacial score (nSPS) is 10.8. The molecule has 0 radical (unpaired) electrons. The Labute approximate surface area is 217 Å². The first-order valence-corrected chi connectivity index (χ1v) is 12.3. The molecule has 0 bridgehead atoms. The van der Waals surface area contributed by atoms with Crippen LogP contribution in [0.25, 0.3) is 0 Å². The second-order valence-electron chi connectivity index (χ2n) is 9.26. The molecule has 0 aliphatic carbocycles. The number of carbonyl (C=O) groups excluding carboxylic acids is 2. The molecule has 4 rings (SSSR count). The van der Waals surface area contributed by atoms with E-state index in [9.17, 15) is 9.59 Å². The van der Waals surface area contributed by atoms with Gasteiger partial charge in [0.1, 0.15) is 11.4 Å². The summed E-state index contributed by atoms with van der Waals surface area (Å²) in [5, 5.41) is 5.83. The molecule has 0 saturated heterocycles. The largest absolute Gasteiger partial charge is 0.497 e. The molecule has 0 spiro atoms. The molecule has 3 aromatic carbocycles. The molecule has 190 valence electrons. The molecule has 1 heterocycles. The standard InChI is InChI=1S/C30H32N4O3/c1-21(2)24-9-13-26(14-10-24)33-30(36)28-19-34(20-31-28)18-23-4-11-25(12-5-23)32-29(35)17-8-22-6-15-27(37-3)16-7-22/h4-7,9-16,19-21H,8,17-18H2,1-3H3,(H,32,35)(H,33,36). The summed E-state index contributed by atoms with van der Waals surface area (Å²) in [7, 11) is 1.63. The van der Waals surface area contributed by atoms with Gasteiger partial charge < -0.3 is 19.9 Å². The Hall–Kier alpha value is -4.39. The number of imidazole rings is 1. The highest BCUT2D eigenvalue weighted by atomic mass is 16.5. The molecule has 1 aromatic heterocycles. The topological polar surface area (TPSA) is 85.2 Å². The van der Waals surface area contributed by atoms with E-state index in [1.165, 1.54) is 5.56 Å². The van der Waals surface area contributed by atoms with Crippen LogP contribution in [0.2, 0.25) is 0 Å². The quantitative estimate of drug-likeness (QED) is 0.287. The van der Waals surface area contributed by atoms with Crippen LogP contribution in [0.1, 0.15) is 53.4 Å². The van der Waals surface area contributed by atoms with Gasteiger partial charge in [-0.1, -0.05) is 50.2 Å². The summed E-state index contributed by atoms with van der Waals surface area (Å²) in [4.78, 5) is 29.2. The van der Waals surface area contributed by atoms with Gasteiger partial charge in [0.05, 0.1) is 13.4 Å². The lowest BCUT2D eigenvalue weighted by Gasteiger charge is -2.08. The maximum atomic E-state index is 12.6. The van der Waals surface area contributed by atoms with Crippen LogP contribution in [-0.2, 0) is 17.8 Å². The molecular weight excluding hydrogens is 464 g/mol. The zero-order chi connectivity index (χ0) is 26.2. The zero-order valence-corrected chi connectivity index (χ0v) is 21.4. The first kappa shape index (κ1) is 25.7. The SMILES string of the molecule is COc1ccc(CCC(=O)Nc2ccc(Cn3cnc(C(=O)Nc4ccc(C(C)C)cc4)c3)cc2)cc1. The third-order valence-electron chi connectivity index (χ3n) is 6.10. The molecule has 0 fully saturated rings. The smallest absolute Gasteiger partial charge is 0.275 e. The van der Waals surface area contributed by atoms with Crippen molar-refractivity contribution in [2.24, 2.45) is 0 Å². The van der Waals surface area contributed by atoms with E-state index in [0.717, 1.165) is 28.3 Å². The molecule has 2 amide bonds. The highest BCUT2D eigenvalue weighted by Crippen LogP contribution is 2.18.